The average molecular weight is 209 g/mol. The minimum absolute atomic E-state index is 0.155. The Kier molecular flexibility index (Phi) is 4.57. The molecule has 0 spiro atoms. The minimum atomic E-state index is 0.155. The van der Waals surface area contributed by atoms with Gasteiger partial charge in [0, 0.05) is 32.6 Å². The fourth-order valence-corrected chi connectivity index (χ4v) is 1.49. The molecule has 1 fully saturated rings. The number of hydrogen-bond acceptors (Lipinski definition) is 3. The molecule has 0 saturated heterocycles. The molecule has 0 aromatic heterocycles. The molecule has 1 saturated carbocycles. The quantitative estimate of drug-likeness (QED) is 0.651. The smallest absolute Gasteiger partial charge is 0.236 e. The molecule has 84 valence electrons. The van der Waals surface area contributed by atoms with E-state index in [-0.39, 0.29) is 5.91 Å². The highest BCUT2D eigenvalue weighted by Crippen LogP contribution is 2.26. The lowest BCUT2D eigenvalue weighted by Crippen LogP contribution is -2.39. The monoisotopic (exact) mass is 209 g/mol. The Balaban J connectivity index is 2.37. The Morgan fingerprint density at radius 1 is 1.53 bits per heavy atom. The Morgan fingerprint density at radius 3 is 2.67 bits per heavy atom. The maximum atomic E-state index is 11.7. The van der Waals surface area contributed by atoms with Gasteiger partial charge in [-0.3, -0.25) is 9.69 Å². The lowest BCUT2D eigenvalue weighted by Gasteiger charge is -2.23. The second kappa shape index (κ2) is 5.72. The fraction of sp³-hybridized carbons (Fsp3) is 0.818. The highest BCUT2D eigenvalue weighted by Gasteiger charge is 2.30. The number of nitrogens with zero attached hydrogens (tertiary/aromatic N) is 3. The summed E-state index contributed by atoms with van der Waals surface area (Å²) in [7, 11) is 1.82. The number of amides is 1. The number of nitriles is 1. The van der Waals surface area contributed by atoms with Crippen LogP contribution in [0, 0.1) is 11.3 Å². The normalized spacial score (nSPS) is 15.1. The lowest BCUT2D eigenvalue weighted by atomic mass is 10.3. The molecule has 15 heavy (non-hydrogen) atoms. The van der Waals surface area contributed by atoms with E-state index < -0.39 is 0 Å². The first-order chi connectivity index (χ1) is 7.19. The highest BCUT2D eigenvalue weighted by molar-refractivity contribution is 5.78. The maximum absolute atomic E-state index is 11.7. The third kappa shape index (κ3) is 3.88. The van der Waals surface area contributed by atoms with Crippen molar-refractivity contribution in [2.75, 3.05) is 26.7 Å². The first kappa shape index (κ1) is 12.0. The molecule has 4 heteroatoms. The van der Waals surface area contributed by atoms with Crippen molar-refractivity contribution < 1.29 is 4.79 Å². The van der Waals surface area contributed by atoms with Crippen LogP contribution in [-0.4, -0.2) is 48.4 Å². The Morgan fingerprint density at radius 2 is 2.20 bits per heavy atom. The predicted octanol–water partition coefficient (Wildman–Crippen LogP) is 0.843. The summed E-state index contributed by atoms with van der Waals surface area (Å²) in [6, 6.07) is 2.68. The van der Waals surface area contributed by atoms with Gasteiger partial charge in [-0.25, -0.2) is 0 Å². The number of likely N-dealkylation sites (N-methyl/N-ethyl adjacent to an activating group) is 1. The third-order valence-corrected chi connectivity index (χ3v) is 2.81. The van der Waals surface area contributed by atoms with Crippen molar-refractivity contribution in [2.45, 2.75) is 32.2 Å². The molecule has 0 aromatic carbocycles. The zero-order valence-corrected chi connectivity index (χ0v) is 9.57. The number of hydrogen-bond donors (Lipinski definition) is 0. The van der Waals surface area contributed by atoms with Gasteiger partial charge in [0.1, 0.15) is 0 Å². The second-order valence-electron chi connectivity index (χ2n) is 4.02. The van der Waals surface area contributed by atoms with Crippen molar-refractivity contribution in [3.8, 4) is 6.07 Å². The molecule has 1 aliphatic carbocycles. The maximum Gasteiger partial charge on any atom is 0.236 e. The molecule has 0 aromatic rings. The van der Waals surface area contributed by atoms with Gasteiger partial charge in [0.15, 0.2) is 0 Å². The van der Waals surface area contributed by atoms with Gasteiger partial charge in [-0.1, -0.05) is 0 Å². The van der Waals surface area contributed by atoms with Gasteiger partial charge in [-0.05, 0) is 19.8 Å². The van der Waals surface area contributed by atoms with Crippen molar-refractivity contribution in [3.63, 3.8) is 0 Å². The molecule has 1 aliphatic rings. The molecule has 0 radical (unpaired) electrons. The van der Waals surface area contributed by atoms with Gasteiger partial charge in [-0.15, -0.1) is 0 Å². The second-order valence-corrected chi connectivity index (χ2v) is 4.02. The molecule has 1 amide bonds. The number of rotatable bonds is 6. The molecule has 0 aliphatic heterocycles. The van der Waals surface area contributed by atoms with Crippen LogP contribution in [0.3, 0.4) is 0 Å². The molecule has 0 bridgehead atoms. The minimum Gasteiger partial charge on any atom is -0.345 e. The largest absolute Gasteiger partial charge is 0.345 e. The fourth-order valence-electron chi connectivity index (χ4n) is 1.49. The van der Waals surface area contributed by atoms with E-state index in [1.54, 1.807) is 4.90 Å². The summed E-state index contributed by atoms with van der Waals surface area (Å²) in [6.45, 7) is 3.91. The zero-order chi connectivity index (χ0) is 11.3. The molecule has 0 atom stereocenters. The summed E-state index contributed by atoms with van der Waals surface area (Å²) in [4.78, 5) is 15.5. The SMILES string of the molecule is CCN(C)C(=O)CN(CCC#N)C1CC1. The molecule has 0 N–H and O–H groups in total. The van der Waals surface area contributed by atoms with Crippen LogP contribution in [0.2, 0.25) is 0 Å². The van der Waals surface area contributed by atoms with E-state index in [1.165, 1.54) is 12.8 Å². The first-order valence-electron chi connectivity index (χ1n) is 5.54. The van der Waals surface area contributed by atoms with E-state index in [0.717, 1.165) is 13.1 Å². The van der Waals surface area contributed by atoms with E-state index in [4.69, 9.17) is 5.26 Å². The number of carbonyl (C=O) groups is 1. The van der Waals surface area contributed by atoms with Crippen molar-refractivity contribution >= 4 is 5.91 Å². The highest BCUT2D eigenvalue weighted by atomic mass is 16.2. The van der Waals surface area contributed by atoms with Crippen LogP contribution >= 0.6 is 0 Å². The van der Waals surface area contributed by atoms with Crippen LogP contribution in [0.25, 0.3) is 0 Å². The number of carbonyl (C=O) groups excluding carboxylic acids is 1. The topological polar surface area (TPSA) is 47.3 Å². The first-order valence-corrected chi connectivity index (χ1v) is 5.54. The zero-order valence-electron chi connectivity index (χ0n) is 9.57. The van der Waals surface area contributed by atoms with E-state index in [0.29, 0.717) is 19.0 Å². The Bertz CT molecular complexity index is 255. The molecule has 1 rings (SSSR count). The van der Waals surface area contributed by atoms with Crippen LogP contribution in [0.4, 0.5) is 0 Å². The predicted molar refractivity (Wildman–Crippen MR) is 58.1 cm³/mol. The Hall–Kier alpha value is -1.08. The van der Waals surface area contributed by atoms with Crippen LogP contribution in [0.15, 0.2) is 0 Å². The summed E-state index contributed by atoms with van der Waals surface area (Å²) in [6.07, 6.45) is 2.86. The van der Waals surface area contributed by atoms with Crippen molar-refractivity contribution in [1.82, 2.24) is 9.80 Å². The molecule has 0 heterocycles. The van der Waals surface area contributed by atoms with Gasteiger partial charge < -0.3 is 4.90 Å². The van der Waals surface area contributed by atoms with Crippen LogP contribution < -0.4 is 0 Å². The van der Waals surface area contributed by atoms with E-state index in [2.05, 4.69) is 11.0 Å². The van der Waals surface area contributed by atoms with Gasteiger partial charge >= 0.3 is 0 Å². The summed E-state index contributed by atoms with van der Waals surface area (Å²) in [5.74, 6) is 0.155. The molecular formula is C11H19N3O. The summed E-state index contributed by atoms with van der Waals surface area (Å²) < 4.78 is 0. The van der Waals surface area contributed by atoms with Crippen LogP contribution in [0.1, 0.15) is 26.2 Å². The molecule has 0 unspecified atom stereocenters. The lowest BCUT2D eigenvalue weighted by molar-refractivity contribution is -0.131. The van der Waals surface area contributed by atoms with Crippen molar-refractivity contribution in [3.05, 3.63) is 0 Å². The van der Waals surface area contributed by atoms with Crippen molar-refractivity contribution in [2.24, 2.45) is 0 Å². The Labute approximate surface area is 91.5 Å². The van der Waals surface area contributed by atoms with Gasteiger partial charge in [0.2, 0.25) is 5.91 Å². The molecule has 4 nitrogen and oxygen atoms in total. The van der Waals surface area contributed by atoms with E-state index in [1.807, 2.05) is 14.0 Å². The van der Waals surface area contributed by atoms with Gasteiger partial charge in [0.05, 0.1) is 12.6 Å². The standard InChI is InChI=1S/C11H19N3O/c1-3-13(2)11(15)9-14(8-4-7-12)10-5-6-10/h10H,3-6,8-9H2,1-2H3. The summed E-state index contributed by atoms with van der Waals surface area (Å²) >= 11 is 0. The van der Waals surface area contributed by atoms with E-state index >= 15 is 0 Å². The van der Waals surface area contributed by atoms with Crippen LogP contribution in [-0.2, 0) is 4.79 Å². The van der Waals surface area contributed by atoms with Gasteiger partial charge in [-0.2, -0.15) is 5.26 Å². The van der Waals surface area contributed by atoms with Crippen LogP contribution in [0.5, 0.6) is 0 Å². The van der Waals surface area contributed by atoms with Gasteiger partial charge in [0.25, 0.3) is 0 Å². The summed E-state index contributed by atoms with van der Waals surface area (Å²) in [5, 5.41) is 8.53. The third-order valence-electron chi connectivity index (χ3n) is 2.81. The average Bonchev–Trinajstić information content (AvgIpc) is 3.06. The van der Waals surface area contributed by atoms with E-state index in [9.17, 15) is 4.79 Å². The molecular weight excluding hydrogens is 190 g/mol. The van der Waals surface area contributed by atoms with Crippen molar-refractivity contribution in [1.29, 1.82) is 5.26 Å². The summed E-state index contributed by atoms with van der Waals surface area (Å²) in [5.41, 5.74) is 0.